The summed E-state index contributed by atoms with van der Waals surface area (Å²) in [5.74, 6) is 1.30. The smallest absolute Gasteiger partial charge is 0.133 e. The monoisotopic (exact) mass is 408 g/mol. The molecule has 6 nitrogen and oxygen atoms in total. The number of nitrogens with one attached hydrogen (secondary N) is 2. The molecule has 150 valence electrons. The Hall–Kier alpha value is -4.13. The van der Waals surface area contributed by atoms with E-state index in [1.807, 2.05) is 26.0 Å². The number of halogens is 1. The van der Waals surface area contributed by atoms with Gasteiger partial charge in [0.1, 0.15) is 17.5 Å². The number of aryl methyl sites for hydroxylation is 2. The maximum Gasteiger partial charge on any atom is 0.133 e. The quantitative estimate of drug-likeness (QED) is 0.372. The highest BCUT2D eigenvalue weighted by molar-refractivity contribution is 6.23. The minimum absolute atomic E-state index is 0.295. The van der Waals surface area contributed by atoms with Crippen LogP contribution in [0.2, 0.25) is 0 Å². The van der Waals surface area contributed by atoms with E-state index in [0.29, 0.717) is 11.3 Å². The van der Waals surface area contributed by atoms with Crippen molar-refractivity contribution >= 4 is 32.6 Å². The third-order valence-electron chi connectivity index (χ3n) is 5.68. The van der Waals surface area contributed by atoms with Gasteiger partial charge in [-0.1, -0.05) is 18.2 Å². The number of hydrogen-bond acceptors (Lipinski definition) is 4. The maximum absolute atomic E-state index is 14.9. The lowest BCUT2D eigenvalue weighted by atomic mass is 9.96. The lowest BCUT2D eigenvalue weighted by Crippen LogP contribution is -1.89. The summed E-state index contributed by atoms with van der Waals surface area (Å²) < 4.78 is 14.9. The Labute approximate surface area is 176 Å². The Morgan fingerprint density at radius 1 is 0.742 bits per heavy atom. The minimum Gasteiger partial charge on any atom is -0.342 e. The molecule has 0 bridgehead atoms. The van der Waals surface area contributed by atoms with Gasteiger partial charge in [0.25, 0.3) is 0 Å². The standard InChI is InChI=1S/C24H17FN6/c1-12-26-11-22(29-12)17-6-4-15(8-21(17)25)14-3-5-16-18(7-14)19-9-27-28-10-20(19)24-23(16)30-13(2)31-24/h3-11H,1-2H3,(H,26,29)(H,30,31). The molecule has 31 heavy (non-hydrogen) atoms. The van der Waals surface area contributed by atoms with Gasteiger partial charge in [0, 0.05) is 21.7 Å². The van der Waals surface area contributed by atoms with Crippen LogP contribution in [0.15, 0.2) is 55.0 Å². The summed E-state index contributed by atoms with van der Waals surface area (Å²) in [5, 5.41) is 12.1. The van der Waals surface area contributed by atoms with Crippen LogP contribution in [0.1, 0.15) is 11.6 Å². The predicted octanol–water partition coefficient (Wildman–Crippen LogP) is 5.47. The van der Waals surface area contributed by atoms with Gasteiger partial charge >= 0.3 is 0 Å². The van der Waals surface area contributed by atoms with Crippen molar-refractivity contribution < 1.29 is 4.39 Å². The highest BCUT2D eigenvalue weighted by Crippen LogP contribution is 2.36. The Balaban J connectivity index is 1.57. The van der Waals surface area contributed by atoms with E-state index < -0.39 is 0 Å². The normalized spacial score (nSPS) is 11.7. The van der Waals surface area contributed by atoms with Crippen LogP contribution in [-0.4, -0.2) is 30.1 Å². The molecule has 3 aromatic heterocycles. The molecule has 0 aliphatic carbocycles. The molecule has 0 spiro atoms. The first-order valence-corrected chi connectivity index (χ1v) is 9.93. The van der Waals surface area contributed by atoms with Crippen LogP contribution in [0.4, 0.5) is 4.39 Å². The third-order valence-corrected chi connectivity index (χ3v) is 5.68. The molecule has 0 unspecified atom stereocenters. The van der Waals surface area contributed by atoms with Crippen molar-refractivity contribution in [3.8, 4) is 22.4 Å². The summed E-state index contributed by atoms with van der Waals surface area (Å²) >= 11 is 0. The van der Waals surface area contributed by atoms with Crippen molar-refractivity contribution in [2.75, 3.05) is 0 Å². The number of fused-ring (bicyclic) bond motifs is 6. The molecule has 0 atom stereocenters. The third kappa shape index (κ3) is 2.70. The molecule has 7 heteroatoms. The molecule has 0 saturated heterocycles. The van der Waals surface area contributed by atoms with Crippen molar-refractivity contribution in [1.29, 1.82) is 0 Å². The summed E-state index contributed by atoms with van der Waals surface area (Å²) in [6.07, 6.45) is 5.15. The van der Waals surface area contributed by atoms with Crippen LogP contribution in [0, 0.1) is 19.7 Å². The predicted molar refractivity (Wildman–Crippen MR) is 119 cm³/mol. The molecule has 0 radical (unpaired) electrons. The molecule has 0 amide bonds. The number of nitrogens with zero attached hydrogens (tertiary/aromatic N) is 4. The van der Waals surface area contributed by atoms with Crippen LogP contribution in [0.3, 0.4) is 0 Å². The van der Waals surface area contributed by atoms with E-state index in [9.17, 15) is 4.39 Å². The molecule has 3 aromatic carbocycles. The minimum atomic E-state index is -0.295. The first-order chi connectivity index (χ1) is 15.1. The second-order valence-corrected chi connectivity index (χ2v) is 7.70. The molecule has 0 saturated carbocycles. The largest absolute Gasteiger partial charge is 0.342 e. The van der Waals surface area contributed by atoms with E-state index in [1.54, 1.807) is 30.7 Å². The molecule has 3 heterocycles. The highest BCUT2D eigenvalue weighted by Gasteiger charge is 2.14. The molecule has 6 rings (SSSR count). The van der Waals surface area contributed by atoms with Crippen LogP contribution in [0.5, 0.6) is 0 Å². The zero-order chi connectivity index (χ0) is 21.1. The van der Waals surface area contributed by atoms with Crippen molar-refractivity contribution in [1.82, 2.24) is 30.1 Å². The van der Waals surface area contributed by atoms with Crippen molar-refractivity contribution in [3.63, 3.8) is 0 Å². The van der Waals surface area contributed by atoms with Gasteiger partial charge in [0.2, 0.25) is 0 Å². The number of imidazole rings is 2. The molecule has 0 aliphatic heterocycles. The molecule has 0 aliphatic rings. The SMILES string of the molecule is Cc1ncc(-c2ccc(-c3ccc4c(c3)c3cnncc3c3nc(C)[nH]c43)cc2F)[nH]1. The van der Waals surface area contributed by atoms with Gasteiger partial charge < -0.3 is 9.97 Å². The maximum atomic E-state index is 14.9. The van der Waals surface area contributed by atoms with Gasteiger partial charge in [-0.15, -0.1) is 0 Å². The van der Waals surface area contributed by atoms with E-state index >= 15 is 0 Å². The van der Waals surface area contributed by atoms with Crippen molar-refractivity contribution in [3.05, 3.63) is 72.5 Å². The zero-order valence-corrected chi connectivity index (χ0v) is 16.9. The van der Waals surface area contributed by atoms with E-state index in [2.05, 4.69) is 42.3 Å². The Kier molecular flexibility index (Phi) is 3.67. The van der Waals surface area contributed by atoms with E-state index in [0.717, 1.165) is 55.4 Å². The van der Waals surface area contributed by atoms with E-state index in [4.69, 9.17) is 0 Å². The van der Waals surface area contributed by atoms with Gasteiger partial charge in [-0.2, -0.15) is 10.2 Å². The van der Waals surface area contributed by atoms with Crippen molar-refractivity contribution in [2.24, 2.45) is 0 Å². The van der Waals surface area contributed by atoms with Gasteiger partial charge in [0.05, 0.1) is 35.3 Å². The van der Waals surface area contributed by atoms with Gasteiger partial charge in [-0.25, -0.2) is 14.4 Å². The number of aromatic nitrogens is 6. The van der Waals surface area contributed by atoms with E-state index in [-0.39, 0.29) is 5.82 Å². The number of hydrogen-bond donors (Lipinski definition) is 2. The van der Waals surface area contributed by atoms with Crippen LogP contribution < -0.4 is 0 Å². The topological polar surface area (TPSA) is 83.1 Å². The molecule has 6 aromatic rings. The first-order valence-electron chi connectivity index (χ1n) is 9.93. The number of benzene rings is 3. The summed E-state index contributed by atoms with van der Waals surface area (Å²) in [6.45, 7) is 3.78. The summed E-state index contributed by atoms with van der Waals surface area (Å²) in [5.41, 5.74) is 4.74. The van der Waals surface area contributed by atoms with Gasteiger partial charge in [0.15, 0.2) is 0 Å². The fourth-order valence-electron chi connectivity index (χ4n) is 4.24. The number of aromatic amines is 2. The number of H-pyrrole nitrogens is 2. The molecular formula is C24H17FN6. The molecular weight excluding hydrogens is 391 g/mol. The highest BCUT2D eigenvalue weighted by atomic mass is 19.1. The summed E-state index contributed by atoms with van der Waals surface area (Å²) in [6, 6.07) is 11.4. The summed E-state index contributed by atoms with van der Waals surface area (Å²) in [7, 11) is 0. The van der Waals surface area contributed by atoms with Gasteiger partial charge in [-0.05, 0) is 48.6 Å². The van der Waals surface area contributed by atoms with Gasteiger partial charge in [-0.3, -0.25) is 0 Å². The van der Waals surface area contributed by atoms with E-state index in [1.165, 1.54) is 0 Å². The van der Waals surface area contributed by atoms with Crippen LogP contribution >= 0.6 is 0 Å². The zero-order valence-electron chi connectivity index (χ0n) is 16.9. The van der Waals surface area contributed by atoms with Crippen LogP contribution in [-0.2, 0) is 0 Å². The molecule has 0 fully saturated rings. The second kappa shape index (κ2) is 6.43. The van der Waals surface area contributed by atoms with Crippen molar-refractivity contribution in [2.45, 2.75) is 13.8 Å². The average molecular weight is 408 g/mol. The lowest BCUT2D eigenvalue weighted by Gasteiger charge is -2.09. The number of rotatable bonds is 2. The lowest BCUT2D eigenvalue weighted by molar-refractivity contribution is 0.631. The molecule has 2 N–H and O–H groups in total. The fraction of sp³-hybridized carbons (Fsp3) is 0.0833. The fourth-order valence-corrected chi connectivity index (χ4v) is 4.24. The Morgan fingerprint density at radius 3 is 2.29 bits per heavy atom. The second-order valence-electron chi connectivity index (χ2n) is 7.70. The average Bonchev–Trinajstić information content (AvgIpc) is 3.39. The van der Waals surface area contributed by atoms with Crippen LogP contribution in [0.25, 0.3) is 55.0 Å². The Bertz CT molecular complexity index is 1630. The Morgan fingerprint density at radius 2 is 1.52 bits per heavy atom. The first kappa shape index (κ1) is 17.7. The summed E-state index contributed by atoms with van der Waals surface area (Å²) in [4.78, 5) is 15.2.